The van der Waals surface area contributed by atoms with Crippen LogP contribution in [0.15, 0.2) is 24.3 Å². The van der Waals surface area contributed by atoms with Crippen LogP contribution in [0.3, 0.4) is 0 Å². The molecule has 2 unspecified atom stereocenters. The second-order valence-corrected chi connectivity index (χ2v) is 14.2. The number of hydrogen-bond donors (Lipinski definition) is 0. The first-order valence-electron chi connectivity index (χ1n) is 18.1. The van der Waals surface area contributed by atoms with Gasteiger partial charge in [0.1, 0.15) is 12.3 Å². The maximum Gasteiger partial charge on any atom is 2.00 e. The molecule has 0 aromatic rings. The van der Waals surface area contributed by atoms with Crippen molar-refractivity contribution in [3.8, 4) is 0 Å². The van der Waals surface area contributed by atoms with Gasteiger partial charge in [-0.15, -0.1) is 0 Å². The second-order valence-electron chi connectivity index (χ2n) is 12.0. The molecule has 4 nitrogen and oxygen atoms in total. The Morgan fingerprint density at radius 2 is 0.581 bits per heavy atom. The Labute approximate surface area is 281 Å². The smallest absolute Gasteiger partial charge is 0.596 e. The minimum Gasteiger partial charge on any atom is -0.596 e. The summed E-state index contributed by atoms with van der Waals surface area (Å²) in [7, 11) is -4.30. The third kappa shape index (κ3) is 52.0. The number of hydrogen-bond acceptors (Lipinski definition) is 4. The summed E-state index contributed by atoms with van der Waals surface area (Å²) in [4.78, 5) is 20.8. The molecule has 0 saturated carbocycles. The minimum atomic E-state index is -2.15. The van der Waals surface area contributed by atoms with E-state index in [1.165, 1.54) is 154 Å². The zero-order chi connectivity index (χ0) is 31.2. The van der Waals surface area contributed by atoms with Crippen molar-refractivity contribution >= 4 is 16.1 Å². The van der Waals surface area contributed by atoms with Crippen LogP contribution in [0, 0.1) is 0 Å². The van der Waals surface area contributed by atoms with Gasteiger partial charge in [0.25, 0.3) is 0 Å². The van der Waals surface area contributed by atoms with Crippen LogP contribution < -0.4 is 9.79 Å². The molecule has 0 saturated heterocycles. The summed E-state index contributed by atoms with van der Waals surface area (Å²) in [5.41, 5.74) is 0. The van der Waals surface area contributed by atoms with Crippen LogP contribution in [0.2, 0.25) is 0 Å². The minimum absolute atomic E-state index is 0. The van der Waals surface area contributed by atoms with Crippen molar-refractivity contribution in [2.45, 2.75) is 194 Å². The largest absolute Gasteiger partial charge is 2.00 e. The van der Waals surface area contributed by atoms with Crippen LogP contribution in [0.25, 0.3) is 0 Å². The molecule has 0 aliphatic rings. The third-order valence-electron chi connectivity index (χ3n) is 7.70. The Kier molecular flexibility index (Phi) is 48.9. The van der Waals surface area contributed by atoms with Gasteiger partial charge in [0.2, 0.25) is 0 Å². The van der Waals surface area contributed by atoms with Gasteiger partial charge in [-0.25, -0.2) is 0 Å². The summed E-state index contributed by atoms with van der Waals surface area (Å²) in [5, 5.41) is 0. The molecule has 43 heavy (non-hydrogen) atoms. The maximum atomic E-state index is 10.4. The van der Waals surface area contributed by atoms with E-state index < -0.39 is 16.1 Å². The Morgan fingerprint density at radius 1 is 0.372 bits per heavy atom. The second kappa shape index (κ2) is 44.2. The molecule has 7 heteroatoms. The van der Waals surface area contributed by atoms with Crippen LogP contribution in [0.1, 0.15) is 194 Å². The molecule has 0 aromatic carbocycles. The molecular formula is C36H70CoO4P2+2. The quantitative estimate of drug-likeness (QED) is 0.0400. The number of unbranched alkanes of at least 4 members (excludes halogenated alkanes) is 24. The SMILES string of the molecule is CCCCCCCC/C=C\CCCCCCCC[P+](=O)[O-].CCCCCCCC/C=C\CCCCCCCC[P+](=O)[O-].[Co+2]. The van der Waals surface area contributed by atoms with E-state index in [9.17, 15) is 18.9 Å². The predicted molar refractivity (Wildman–Crippen MR) is 184 cm³/mol. The van der Waals surface area contributed by atoms with Gasteiger partial charge in [0.15, 0.2) is 0 Å². The molecule has 1 radical (unpaired) electrons. The molecule has 0 aliphatic heterocycles. The first-order valence-corrected chi connectivity index (χ1v) is 20.8. The van der Waals surface area contributed by atoms with Gasteiger partial charge in [-0.2, -0.15) is 0 Å². The zero-order valence-electron chi connectivity index (χ0n) is 28.4. The summed E-state index contributed by atoms with van der Waals surface area (Å²) in [6.07, 6.45) is 45.4. The summed E-state index contributed by atoms with van der Waals surface area (Å²) in [6, 6.07) is 0. The van der Waals surface area contributed by atoms with E-state index in [-0.39, 0.29) is 16.8 Å². The van der Waals surface area contributed by atoms with Crippen molar-refractivity contribution in [2.24, 2.45) is 0 Å². The Hall–Kier alpha value is 0.106. The van der Waals surface area contributed by atoms with Crippen LogP contribution in [0.4, 0.5) is 0 Å². The molecule has 2 atom stereocenters. The van der Waals surface area contributed by atoms with Crippen molar-refractivity contribution in [1.82, 2.24) is 0 Å². The molecule has 0 rings (SSSR count). The zero-order valence-corrected chi connectivity index (χ0v) is 31.2. The van der Waals surface area contributed by atoms with Gasteiger partial charge < -0.3 is 9.79 Å². The molecule has 0 heterocycles. The van der Waals surface area contributed by atoms with Gasteiger partial charge >= 0.3 is 32.8 Å². The van der Waals surface area contributed by atoms with E-state index in [1.807, 2.05) is 0 Å². The van der Waals surface area contributed by atoms with Crippen molar-refractivity contribution in [2.75, 3.05) is 12.3 Å². The predicted octanol–water partition coefficient (Wildman–Crippen LogP) is 12.3. The monoisotopic (exact) mass is 687 g/mol. The Balaban J connectivity index is -0.000000727. The first kappa shape index (κ1) is 47.5. The van der Waals surface area contributed by atoms with Gasteiger partial charge in [0, 0.05) is 0 Å². The van der Waals surface area contributed by atoms with E-state index in [4.69, 9.17) is 0 Å². The number of rotatable bonds is 32. The molecule has 0 aliphatic carbocycles. The topological polar surface area (TPSA) is 80.3 Å². The molecule has 0 amide bonds. The van der Waals surface area contributed by atoms with E-state index in [0.29, 0.717) is 12.3 Å². The van der Waals surface area contributed by atoms with Gasteiger partial charge in [0.05, 0.1) is 0 Å². The summed E-state index contributed by atoms with van der Waals surface area (Å²) in [5.74, 6) is 0. The van der Waals surface area contributed by atoms with Crippen LogP contribution in [0.5, 0.6) is 0 Å². The van der Waals surface area contributed by atoms with E-state index in [2.05, 4.69) is 38.2 Å². The average molecular weight is 688 g/mol. The van der Waals surface area contributed by atoms with Crippen LogP contribution in [-0.4, -0.2) is 12.3 Å². The molecule has 255 valence electrons. The normalized spacial score (nSPS) is 11.9. The number of allylic oxidation sites excluding steroid dienone is 4. The fourth-order valence-corrected chi connectivity index (χ4v) is 5.94. The van der Waals surface area contributed by atoms with Crippen molar-refractivity contribution in [3.63, 3.8) is 0 Å². The summed E-state index contributed by atoms with van der Waals surface area (Å²) >= 11 is 0. The summed E-state index contributed by atoms with van der Waals surface area (Å²) in [6.45, 7) is 4.52. The Morgan fingerprint density at radius 3 is 0.814 bits per heavy atom. The van der Waals surface area contributed by atoms with Crippen molar-refractivity contribution < 1.29 is 35.7 Å². The van der Waals surface area contributed by atoms with Gasteiger partial charge in [-0.1, -0.05) is 150 Å². The van der Waals surface area contributed by atoms with E-state index in [1.54, 1.807) is 0 Å². The fraction of sp³-hybridized carbons (Fsp3) is 0.889. The summed E-state index contributed by atoms with van der Waals surface area (Å²) < 4.78 is 20.8. The van der Waals surface area contributed by atoms with Crippen molar-refractivity contribution in [1.29, 1.82) is 0 Å². The molecule has 0 N–H and O–H groups in total. The van der Waals surface area contributed by atoms with E-state index >= 15 is 0 Å². The molecule has 0 fully saturated rings. The van der Waals surface area contributed by atoms with Gasteiger partial charge in [-0.3, -0.25) is 0 Å². The molecule has 0 spiro atoms. The first-order chi connectivity index (χ1) is 20.5. The maximum absolute atomic E-state index is 10.4. The van der Waals surface area contributed by atoms with Gasteiger partial charge in [-0.05, 0) is 77.0 Å². The average Bonchev–Trinajstić information content (AvgIpc) is 2.97. The standard InChI is InChI=1S/2C18H35O2P.Co/c2*1-2-3-4-5-6-7-8-9-10-11-12-13-14-15-16-17-18-21(19)20;/h2*9-10H,2-8,11-18H2,1H3;/q;;+2/b2*10-9-;. The molecule has 0 bridgehead atoms. The third-order valence-corrected chi connectivity index (χ3v) is 9.07. The molecule has 0 aromatic heterocycles. The van der Waals surface area contributed by atoms with Crippen molar-refractivity contribution in [3.05, 3.63) is 24.3 Å². The Bertz CT molecular complexity index is 562. The van der Waals surface area contributed by atoms with Crippen LogP contribution in [-0.2, 0) is 25.9 Å². The fourth-order valence-electron chi connectivity index (χ4n) is 4.98. The molecular weight excluding hydrogens is 617 g/mol. The van der Waals surface area contributed by atoms with Crippen LogP contribution >= 0.6 is 16.1 Å². The van der Waals surface area contributed by atoms with E-state index in [0.717, 1.165) is 25.7 Å².